The molecule has 0 fully saturated rings. The van der Waals surface area contributed by atoms with Gasteiger partial charge in [0.05, 0.1) is 22.8 Å². The Bertz CT molecular complexity index is 1720. The zero-order valence-electron chi connectivity index (χ0n) is 16.9. The number of H-pyrrole nitrogens is 1. The molecule has 6 nitrogen and oxygen atoms in total. The van der Waals surface area contributed by atoms with Gasteiger partial charge in [0, 0.05) is 33.0 Å². The molecule has 32 heavy (non-hydrogen) atoms. The van der Waals surface area contributed by atoms with E-state index in [9.17, 15) is 17.6 Å². The highest BCUT2D eigenvalue weighted by atomic mass is 127. The molecular weight excluding hydrogens is 546 g/mol. The van der Waals surface area contributed by atoms with Gasteiger partial charge in [-0.2, -0.15) is 0 Å². The molecule has 0 aliphatic carbocycles. The van der Waals surface area contributed by atoms with Crippen molar-refractivity contribution in [3.8, 4) is 11.1 Å². The fraction of sp³-hybridized carbons (Fsp3) is 0.0870. The summed E-state index contributed by atoms with van der Waals surface area (Å²) >= 11 is 2.19. The molecule has 0 saturated carbocycles. The van der Waals surface area contributed by atoms with Crippen molar-refractivity contribution in [2.45, 2.75) is 0 Å². The van der Waals surface area contributed by atoms with E-state index in [1.165, 1.54) is 23.5 Å². The summed E-state index contributed by atoms with van der Waals surface area (Å²) in [7, 11) is -2.09. The molecule has 0 unspecified atom stereocenters. The Kier molecular flexibility index (Phi) is 4.79. The molecule has 0 aliphatic heterocycles. The summed E-state index contributed by atoms with van der Waals surface area (Å²) in [5.41, 5.74) is 2.48. The van der Waals surface area contributed by atoms with Crippen molar-refractivity contribution < 1.29 is 17.2 Å². The summed E-state index contributed by atoms with van der Waals surface area (Å²) in [6, 6.07) is 15.1. The summed E-state index contributed by atoms with van der Waals surface area (Å²) in [6.07, 6.45) is 1.13. The molecule has 3 aromatic carbocycles. The van der Waals surface area contributed by atoms with Gasteiger partial charge in [-0.1, -0.05) is 12.1 Å². The minimum absolute atomic E-state index is 0.325. The van der Waals surface area contributed by atoms with Gasteiger partial charge in [0.1, 0.15) is 17.0 Å². The van der Waals surface area contributed by atoms with E-state index in [1.54, 1.807) is 18.2 Å². The highest BCUT2D eigenvalue weighted by molar-refractivity contribution is 14.1. The molecule has 0 bridgehead atoms. The first-order chi connectivity index (χ1) is 15.1. The maximum Gasteiger partial charge on any atom is 0.260 e. The molecule has 162 valence electrons. The number of hydrogen-bond donors (Lipinski definition) is 1. The first kappa shape index (κ1) is 21.0. The van der Waals surface area contributed by atoms with Crippen molar-refractivity contribution in [3.05, 3.63) is 74.3 Å². The van der Waals surface area contributed by atoms with Crippen molar-refractivity contribution in [3.63, 3.8) is 0 Å². The van der Waals surface area contributed by atoms with Gasteiger partial charge in [-0.05, 0) is 64.6 Å². The third-order valence-electron chi connectivity index (χ3n) is 5.48. The van der Waals surface area contributed by atoms with Gasteiger partial charge in [0.15, 0.2) is 0 Å². The molecule has 0 atom stereocenters. The average molecular weight is 562 g/mol. The van der Waals surface area contributed by atoms with E-state index in [4.69, 9.17) is 4.42 Å². The highest BCUT2D eigenvalue weighted by Gasteiger charge is 2.22. The summed E-state index contributed by atoms with van der Waals surface area (Å²) in [5, 5.41) is 1.44. The van der Waals surface area contributed by atoms with Crippen LogP contribution in [-0.4, -0.2) is 26.7 Å². The Labute approximate surface area is 195 Å². The molecule has 0 amide bonds. The molecule has 2 aromatic heterocycles. The second-order valence-corrected chi connectivity index (χ2v) is 10.8. The smallest absolute Gasteiger partial charge is 0.260 e. The Morgan fingerprint density at radius 1 is 1.06 bits per heavy atom. The van der Waals surface area contributed by atoms with Crippen LogP contribution in [-0.2, 0) is 10.0 Å². The number of furan rings is 1. The largest absolute Gasteiger partial charge is 0.455 e. The number of hydrogen-bond acceptors (Lipinski definition) is 4. The maximum atomic E-state index is 13.7. The fourth-order valence-corrected chi connectivity index (χ4v) is 4.93. The molecule has 0 spiro atoms. The summed E-state index contributed by atoms with van der Waals surface area (Å²) in [6.45, 7) is 0. The lowest BCUT2D eigenvalue weighted by Crippen LogP contribution is -2.25. The average Bonchev–Trinajstić information content (AvgIpc) is 3.10. The summed E-state index contributed by atoms with van der Waals surface area (Å²) in [4.78, 5) is 15.6. The fourth-order valence-electron chi connectivity index (χ4n) is 3.88. The van der Waals surface area contributed by atoms with Crippen LogP contribution in [0.2, 0.25) is 0 Å². The second kappa shape index (κ2) is 7.31. The van der Waals surface area contributed by atoms with E-state index in [1.807, 2.05) is 24.3 Å². The number of anilines is 1. The second-order valence-electron chi connectivity index (χ2n) is 7.56. The quantitative estimate of drug-likeness (QED) is 0.305. The van der Waals surface area contributed by atoms with Crippen molar-refractivity contribution in [2.24, 2.45) is 0 Å². The van der Waals surface area contributed by atoms with Crippen LogP contribution in [0.1, 0.15) is 0 Å². The van der Waals surface area contributed by atoms with Crippen LogP contribution in [0, 0.1) is 9.39 Å². The minimum atomic E-state index is -3.56. The van der Waals surface area contributed by atoms with Gasteiger partial charge in [0.25, 0.3) is 5.56 Å². The number of nitrogens with zero attached hydrogens (tertiary/aromatic N) is 1. The van der Waals surface area contributed by atoms with Gasteiger partial charge >= 0.3 is 0 Å². The number of rotatable bonds is 3. The maximum absolute atomic E-state index is 13.7. The lowest BCUT2D eigenvalue weighted by molar-refractivity contribution is 0.600. The van der Waals surface area contributed by atoms with Gasteiger partial charge in [-0.25, -0.2) is 12.8 Å². The number of aromatic amines is 1. The first-order valence-electron chi connectivity index (χ1n) is 9.55. The lowest BCUT2D eigenvalue weighted by Gasteiger charge is -2.20. The molecule has 2 heterocycles. The summed E-state index contributed by atoms with van der Waals surface area (Å²) < 4.78 is 46.6. The molecule has 5 rings (SSSR count). The van der Waals surface area contributed by atoms with Crippen LogP contribution in [0.25, 0.3) is 44.0 Å². The predicted octanol–water partition coefficient (Wildman–Crippen LogP) is 5.23. The molecular formula is C23H16FIN2O4S. The van der Waals surface area contributed by atoms with Crippen LogP contribution >= 0.6 is 22.6 Å². The van der Waals surface area contributed by atoms with Crippen molar-refractivity contribution in [1.29, 1.82) is 0 Å². The van der Waals surface area contributed by atoms with Gasteiger partial charge in [-0.3, -0.25) is 9.10 Å². The zero-order valence-corrected chi connectivity index (χ0v) is 19.9. The molecule has 0 radical (unpaired) electrons. The molecule has 0 aliphatic rings. The van der Waals surface area contributed by atoms with Gasteiger partial charge < -0.3 is 9.40 Å². The third kappa shape index (κ3) is 3.36. The number of fused-ring (bicyclic) bond motifs is 5. The topological polar surface area (TPSA) is 83.4 Å². The Morgan fingerprint density at radius 3 is 2.56 bits per heavy atom. The predicted molar refractivity (Wildman–Crippen MR) is 133 cm³/mol. The van der Waals surface area contributed by atoms with Crippen LogP contribution in [0.5, 0.6) is 0 Å². The van der Waals surface area contributed by atoms with Crippen LogP contribution < -0.4 is 9.86 Å². The third-order valence-corrected chi connectivity index (χ3v) is 7.34. The number of pyridine rings is 1. The molecule has 9 heteroatoms. The molecule has 5 aromatic rings. The van der Waals surface area contributed by atoms with Gasteiger partial charge in [-0.15, -0.1) is 0 Å². The molecule has 1 N–H and O–H groups in total. The summed E-state index contributed by atoms with van der Waals surface area (Å²) in [5.74, 6) is -0.471. The van der Waals surface area contributed by atoms with Crippen LogP contribution in [0.3, 0.4) is 0 Å². The number of aromatic nitrogens is 1. The van der Waals surface area contributed by atoms with Crippen molar-refractivity contribution >= 4 is 71.1 Å². The van der Waals surface area contributed by atoms with Crippen molar-refractivity contribution in [2.75, 3.05) is 17.6 Å². The SMILES string of the molecule is CN(c1cc2oc3c4ccc(F)cc4[nH]c(=O)c3c2cc1-c1cccc(I)c1)S(C)(=O)=O. The normalized spacial score (nSPS) is 12.1. The minimum Gasteiger partial charge on any atom is -0.455 e. The van der Waals surface area contributed by atoms with Crippen molar-refractivity contribution in [1.82, 2.24) is 4.98 Å². The van der Waals surface area contributed by atoms with Crippen LogP contribution in [0.4, 0.5) is 10.1 Å². The van der Waals surface area contributed by atoms with Crippen LogP contribution in [0.15, 0.2) is 63.8 Å². The standard InChI is InChI=1S/C23H16FIN2O4S/c1-27(32(2,29)30)19-11-20-17(10-16(19)12-4-3-5-14(25)8-12)21-22(31-20)15-7-6-13(24)9-18(15)26-23(21)28/h3-11H,1-2H3,(H,26,28). The number of halogens is 2. The molecule has 0 saturated heterocycles. The van der Waals surface area contributed by atoms with E-state index in [0.717, 1.165) is 15.4 Å². The van der Waals surface area contributed by atoms with E-state index in [0.29, 0.717) is 44.1 Å². The lowest BCUT2D eigenvalue weighted by atomic mass is 10.0. The van der Waals surface area contributed by atoms with E-state index in [2.05, 4.69) is 27.6 Å². The Hall–Kier alpha value is -2.92. The first-order valence-corrected chi connectivity index (χ1v) is 12.5. The van der Waals surface area contributed by atoms with E-state index < -0.39 is 21.4 Å². The number of nitrogens with one attached hydrogen (secondary N) is 1. The highest BCUT2D eigenvalue weighted by Crippen LogP contribution is 2.40. The Morgan fingerprint density at radius 2 is 1.84 bits per heavy atom. The van der Waals surface area contributed by atoms with E-state index in [-0.39, 0.29) is 0 Å². The number of benzene rings is 3. The number of sulfonamides is 1. The Balaban J connectivity index is 1.94. The monoisotopic (exact) mass is 562 g/mol. The zero-order chi connectivity index (χ0) is 22.8. The van der Waals surface area contributed by atoms with E-state index >= 15 is 0 Å². The van der Waals surface area contributed by atoms with Gasteiger partial charge in [0.2, 0.25) is 10.0 Å².